The Balaban J connectivity index is 2.23. The minimum absolute atomic E-state index is 0.121. The SMILES string of the molecule is CC(C)(C)C#C/C=C\CN1CCCCC1. The van der Waals surface area contributed by atoms with E-state index < -0.39 is 0 Å². The molecule has 0 N–H and O–H groups in total. The summed E-state index contributed by atoms with van der Waals surface area (Å²) >= 11 is 0. The van der Waals surface area contributed by atoms with Crippen molar-refractivity contribution in [1.82, 2.24) is 4.90 Å². The quantitative estimate of drug-likeness (QED) is 0.626. The van der Waals surface area contributed by atoms with Gasteiger partial charge >= 0.3 is 0 Å². The molecular formula is C14H23N. The van der Waals surface area contributed by atoms with Gasteiger partial charge in [-0.2, -0.15) is 0 Å². The van der Waals surface area contributed by atoms with Crippen LogP contribution in [0.25, 0.3) is 0 Å². The molecule has 0 amide bonds. The van der Waals surface area contributed by atoms with Crippen molar-refractivity contribution in [2.24, 2.45) is 5.41 Å². The third-order valence-corrected chi connectivity index (χ3v) is 2.46. The summed E-state index contributed by atoms with van der Waals surface area (Å²) < 4.78 is 0. The van der Waals surface area contributed by atoms with Crippen LogP contribution in [0.4, 0.5) is 0 Å². The van der Waals surface area contributed by atoms with E-state index >= 15 is 0 Å². The lowest BCUT2D eigenvalue weighted by Crippen LogP contribution is -2.29. The molecule has 1 fully saturated rings. The second kappa shape index (κ2) is 5.98. The second-order valence-corrected chi connectivity index (χ2v) is 5.28. The molecule has 15 heavy (non-hydrogen) atoms. The number of likely N-dealkylation sites (tertiary alicyclic amines) is 1. The minimum Gasteiger partial charge on any atom is -0.300 e. The number of hydrogen-bond donors (Lipinski definition) is 0. The van der Waals surface area contributed by atoms with Crippen molar-refractivity contribution in [3.8, 4) is 11.8 Å². The summed E-state index contributed by atoms with van der Waals surface area (Å²) in [6.07, 6.45) is 8.32. The maximum Gasteiger partial charge on any atom is 0.0233 e. The monoisotopic (exact) mass is 205 g/mol. The maximum atomic E-state index is 3.20. The first kappa shape index (κ1) is 12.3. The topological polar surface area (TPSA) is 3.24 Å². The first-order valence-corrected chi connectivity index (χ1v) is 5.98. The molecule has 0 radical (unpaired) electrons. The Labute approximate surface area is 94.5 Å². The van der Waals surface area contributed by atoms with Crippen LogP contribution in [0, 0.1) is 17.3 Å². The summed E-state index contributed by atoms with van der Waals surface area (Å²) in [5.74, 6) is 6.31. The summed E-state index contributed by atoms with van der Waals surface area (Å²) in [4.78, 5) is 2.50. The highest BCUT2D eigenvalue weighted by molar-refractivity contribution is 5.19. The van der Waals surface area contributed by atoms with E-state index in [-0.39, 0.29) is 5.41 Å². The molecule has 1 heteroatoms. The molecule has 1 rings (SSSR count). The predicted molar refractivity (Wildman–Crippen MR) is 66.7 cm³/mol. The van der Waals surface area contributed by atoms with Crippen molar-refractivity contribution in [2.45, 2.75) is 40.0 Å². The summed E-state index contributed by atoms with van der Waals surface area (Å²) in [5, 5.41) is 0. The van der Waals surface area contributed by atoms with Gasteiger partial charge in [-0.15, -0.1) is 0 Å². The molecule has 0 atom stereocenters. The maximum absolute atomic E-state index is 3.20. The summed E-state index contributed by atoms with van der Waals surface area (Å²) in [6.45, 7) is 10.0. The smallest absolute Gasteiger partial charge is 0.0233 e. The zero-order valence-corrected chi connectivity index (χ0v) is 10.3. The Bertz CT molecular complexity index is 253. The number of piperidine rings is 1. The fourth-order valence-corrected chi connectivity index (χ4v) is 1.66. The minimum atomic E-state index is 0.121. The number of hydrogen-bond acceptors (Lipinski definition) is 1. The third-order valence-electron chi connectivity index (χ3n) is 2.46. The summed E-state index contributed by atoms with van der Waals surface area (Å²) in [5.41, 5.74) is 0.121. The number of rotatable bonds is 2. The Morgan fingerprint density at radius 3 is 2.40 bits per heavy atom. The van der Waals surface area contributed by atoms with E-state index in [1.54, 1.807) is 0 Å². The van der Waals surface area contributed by atoms with Gasteiger partial charge in [-0.3, -0.25) is 4.90 Å². The first-order valence-electron chi connectivity index (χ1n) is 5.98. The zero-order chi connectivity index (χ0) is 11.1. The van der Waals surface area contributed by atoms with Gasteiger partial charge in [0, 0.05) is 12.0 Å². The zero-order valence-electron chi connectivity index (χ0n) is 10.3. The lowest BCUT2D eigenvalue weighted by Gasteiger charge is -2.24. The highest BCUT2D eigenvalue weighted by atomic mass is 15.1. The molecule has 0 saturated carbocycles. The Hall–Kier alpha value is -0.740. The van der Waals surface area contributed by atoms with Gasteiger partial charge in [0.05, 0.1) is 0 Å². The van der Waals surface area contributed by atoms with Gasteiger partial charge in [0.2, 0.25) is 0 Å². The Morgan fingerprint density at radius 2 is 1.80 bits per heavy atom. The van der Waals surface area contributed by atoms with E-state index in [4.69, 9.17) is 0 Å². The van der Waals surface area contributed by atoms with Crippen LogP contribution in [-0.4, -0.2) is 24.5 Å². The van der Waals surface area contributed by atoms with Crippen molar-refractivity contribution < 1.29 is 0 Å². The Kier molecular flexibility index (Phi) is 4.91. The fraction of sp³-hybridized carbons (Fsp3) is 0.714. The molecule has 1 nitrogen and oxygen atoms in total. The molecular weight excluding hydrogens is 182 g/mol. The molecule has 1 aliphatic heterocycles. The molecule has 1 aliphatic rings. The molecule has 0 aromatic heterocycles. The highest BCUT2D eigenvalue weighted by Crippen LogP contribution is 2.10. The molecule has 0 aromatic carbocycles. The van der Waals surface area contributed by atoms with E-state index in [1.807, 2.05) is 6.08 Å². The lowest BCUT2D eigenvalue weighted by atomic mass is 9.98. The molecule has 1 saturated heterocycles. The molecule has 84 valence electrons. The average Bonchev–Trinajstić information content (AvgIpc) is 2.17. The number of allylic oxidation sites excluding steroid dienone is 1. The van der Waals surface area contributed by atoms with Gasteiger partial charge in [0.1, 0.15) is 0 Å². The highest BCUT2D eigenvalue weighted by Gasteiger charge is 2.07. The van der Waals surface area contributed by atoms with Crippen LogP contribution in [0.15, 0.2) is 12.2 Å². The van der Waals surface area contributed by atoms with Crippen molar-refractivity contribution in [1.29, 1.82) is 0 Å². The molecule has 0 bridgehead atoms. The molecule has 0 aliphatic carbocycles. The van der Waals surface area contributed by atoms with Crippen LogP contribution in [-0.2, 0) is 0 Å². The molecule has 0 unspecified atom stereocenters. The van der Waals surface area contributed by atoms with Crippen LogP contribution >= 0.6 is 0 Å². The van der Waals surface area contributed by atoms with Gasteiger partial charge in [0.15, 0.2) is 0 Å². The van der Waals surface area contributed by atoms with Crippen LogP contribution in [0.3, 0.4) is 0 Å². The van der Waals surface area contributed by atoms with Crippen LogP contribution in [0.2, 0.25) is 0 Å². The van der Waals surface area contributed by atoms with Gasteiger partial charge in [-0.1, -0.05) is 24.3 Å². The third kappa shape index (κ3) is 6.36. The van der Waals surface area contributed by atoms with E-state index in [1.165, 1.54) is 32.4 Å². The van der Waals surface area contributed by atoms with Gasteiger partial charge < -0.3 is 0 Å². The standard InChI is InChI=1S/C14H23N/c1-14(2,3)10-6-4-7-11-15-12-8-5-9-13-15/h4,7H,5,8-9,11-13H2,1-3H3/b7-4-. The van der Waals surface area contributed by atoms with Crippen molar-refractivity contribution in [2.75, 3.05) is 19.6 Å². The molecule has 0 aromatic rings. The van der Waals surface area contributed by atoms with Gasteiger partial charge in [-0.25, -0.2) is 0 Å². The summed E-state index contributed by atoms with van der Waals surface area (Å²) in [7, 11) is 0. The van der Waals surface area contributed by atoms with Crippen molar-refractivity contribution >= 4 is 0 Å². The van der Waals surface area contributed by atoms with Gasteiger partial charge in [0.25, 0.3) is 0 Å². The second-order valence-electron chi connectivity index (χ2n) is 5.28. The number of nitrogens with zero attached hydrogens (tertiary/aromatic N) is 1. The van der Waals surface area contributed by atoms with E-state index in [2.05, 4.69) is 43.6 Å². The first-order chi connectivity index (χ1) is 7.08. The van der Waals surface area contributed by atoms with Crippen LogP contribution < -0.4 is 0 Å². The van der Waals surface area contributed by atoms with E-state index in [0.29, 0.717) is 0 Å². The van der Waals surface area contributed by atoms with Gasteiger partial charge in [-0.05, 0) is 52.8 Å². The predicted octanol–water partition coefficient (Wildman–Crippen LogP) is 3.08. The van der Waals surface area contributed by atoms with E-state index in [0.717, 1.165) is 6.54 Å². The van der Waals surface area contributed by atoms with Crippen molar-refractivity contribution in [3.05, 3.63) is 12.2 Å². The largest absolute Gasteiger partial charge is 0.300 e. The van der Waals surface area contributed by atoms with Crippen LogP contribution in [0.5, 0.6) is 0 Å². The van der Waals surface area contributed by atoms with Crippen LogP contribution in [0.1, 0.15) is 40.0 Å². The Morgan fingerprint density at radius 1 is 1.13 bits per heavy atom. The molecule has 1 heterocycles. The normalized spacial score (nSPS) is 18.9. The summed E-state index contributed by atoms with van der Waals surface area (Å²) in [6, 6.07) is 0. The molecule has 0 spiro atoms. The van der Waals surface area contributed by atoms with E-state index in [9.17, 15) is 0 Å². The fourth-order valence-electron chi connectivity index (χ4n) is 1.66. The lowest BCUT2D eigenvalue weighted by molar-refractivity contribution is 0.251. The average molecular weight is 205 g/mol. The van der Waals surface area contributed by atoms with Crippen molar-refractivity contribution in [3.63, 3.8) is 0 Å².